The van der Waals surface area contributed by atoms with Gasteiger partial charge in [0.05, 0.1) is 32.2 Å². The molecule has 0 saturated carbocycles. The summed E-state index contributed by atoms with van der Waals surface area (Å²) in [6.45, 7) is 4.54. The van der Waals surface area contributed by atoms with Crippen molar-refractivity contribution in [2.24, 2.45) is 0 Å². The molecule has 28 heavy (non-hydrogen) atoms. The number of ether oxygens (including phenoxy) is 2. The number of benzene rings is 1. The average Bonchev–Trinajstić information content (AvgIpc) is 3.21. The molecule has 1 aromatic heterocycles. The maximum absolute atomic E-state index is 13.9. The molecule has 3 atom stereocenters. The highest BCUT2D eigenvalue weighted by Gasteiger charge is 2.47. The highest BCUT2D eigenvalue weighted by Crippen LogP contribution is 2.66. The number of nitrogens with zero attached hydrogens (tertiary/aromatic N) is 2. The smallest absolute Gasteiger partial charge is 0.281 e. The van der Waals surface area contributed by atoms with Crippen molar-refractivity contribution in [1.82, 2.24) is 14.6 Å². The Morgan fingerprint density at radius 2 is 2.07 bits per heavy atom. The number of imidazole rings is 1. The van der Waals surface area contributed by atoms with Gasteiger partial charge >= 0.3 is 0 Å². The summed E-state index contributed by atoms with van der Waals surface area (Å²) in [6.07, 6.45) is 1.78. The van der Waals surface area contributed by atoms with E-state index in [1.54, 1.807) is 30.0 Å². The number of methoxy groups -OCH3 is 2. The topological polar surface area (TPSA) is 109 Å². The van der Waals surface area contributed by atoms with Crippen LogP contribution in [0.4, 0.5) is 5.95 Å². The monoisotopic (exact) mass is 410 g/mol. The third-order valence-corrected chi connectivity index (χ3v) is 8.09. The number of phenols is 1. The fourth-order valence-corrected chi connectivity index (χ4v) is 5.92. The number of aromatic hydroxyl groups is 1. The van der Waals surface area contributed by atoms with Crippen LogP contribution < -0.4 is 14.8 Å². The second-order valence-electron chi connectivity index (χ2n) is 6.84. The zero-order valence-corrected chi connectivity index (χ0v) is 17.6. The van der Waals surface area contributed by atoms with Gasteiger partial charge in [0, 0.05) is 18.8 Å². The lowest BCUT2D eigenvalue weighted by Gasteiger charge is -2.30. The van der Waals surface area contributed by atoms with Gasteiger partial charge in [-0.1, -0.05) is 0 Å². The number of H-pyrrole nitrogens is 1. The largest absolute Gasteiger partial charge is 0.502 e. The molecule has 1 aliphatic heterocycles. The van der Waals surface area contributed by atoms with Gasteiger partial charge in [0.25, 0.3) is 7.52 Å². The summed E-state index contributed by atoms with van der Waals surface area (Å²) in [6, 6.07) is 3.36. The van der Waals surface area contributed by atoms with Crippen LogP contribution in [0.25, 0.3) is 0 Å². The Labute approximate surface area is 164 Å². The summed E-state index contributed by atoms with van der Waals surface area (Å²) in [7, 11) is 1.50. The summed E-state index contributed by atoms with van der Waals surface area (Å²) in [5.41, 5.74) is 0.990. The molecule has 1 saturated heterocycles. The van der Waals surface area contributed by atoms with E-state index in [1.807, 2.05) is 13.8 Å². The Morgan fingerprint density at radius 3 is 2.54 bits per heavy atom. The van der Waals surface area contributed by atoms with Crippen LogP contribution in [-0.2, 0) is 9.09 Å². The van der Waals surface area contributed by atoms with Crippen molar-refractivity contribution in [2.75, 3.05) is 39.7 Å². The molecule has 3 rings (SSSR count). The van der Waals surface area contributed by atoms with E-state index in [4.69, 9.17) is 14.0 Å². The third-order valence-electron chi connectivity index (χ3n) is 5.03. The van der Waals surface area contributed by atoms with E-state index in [2.05, 4.69) is 15.3 Å². The highest BCUT2D eigenvalue weighted by atomic mass is 31.2. The van der Waals surface area contributed by atoms with Crippen LogP contribution in [0.1, 0.15) is 23.8 Å². The standard InChI is InChI=1S/C18H27N4O5P/c1-11-8-19-18(21-11)20-9-16(28(24)22(3)12(2)10-27-28)13-6-14(25-4)17(23)15(7-13)26-5/h6-8,12,16,23H,9-10H2,1-5H3,(H2,19,20,21)/t12-,16?,28?/m0/s1. The SMILES string of the molecule is COc1cc(C(CNc2nc(C)c[nH]2)P2(=O)OC[C@H](C)N2C)cc(OC)c1O. The van der Waals surface area contributed by atoms with E-state index in [9.17, 15) is 9.67 Å². The molecule has 9 nitrogen and oxygen atoms in total. The van der Waals surface area contributed by atoms with Crippen molar-refractivity contribution in [3.8, 4) is 17.2 Å². The summed E-state index contributed by atoms with van der Waals surface area (Å²) in [4.78, 5) is 7.37. The van der Waals surface area contributed by atoms with Crippen molar-refractivity contribution >= 4 is 13.5 Å². The number of phenolic OH excluding ortho intramolecular Hbond substituents is 1. The molecule has 3 N–H and O–H groups in total. The summed E-state index contributed by atoms with van der Waals surface area (Å²) >= 11 is 0. The Kier molecular flexibility index (Phi) is 5.88. The van der Waals surface area contributed by atoms with Gasteiger partial charge in [-0.25, -0.2) is 9.65 Å². The highest BCUT2D eigenvalue weighted by molar-refractivity contribution is 7.57. The van der Waals surface area contributed by atoms with Gasteiger partial charge < -0.3 is 29.4 Å². The van der Waals surface area contributed by atoms with Crippen molar-refractivity contribution < 1.29 is 23.7 Å². The molecule has 2 unspecified atom stereocenters. The minimum atomic E-state index is -3.22. The van der Waals surface area contributed by atoms with Crippen molar-refractivity contribution in [3.05, 3.63) is 29.6 Å². The number of hydrogen-bond acceptors (Lipinski definition) is 7. The van der Waals surface area contributed by atoms with Gasteiger partial charge in [-0.15, -0.1) is 0 Å². The molecule has 0 aliphatic carbocycles. The maximum atomic E-state index is 13.9. The lowest BCUT2D eigenvalue weighted by atomic mass is 10.1. The van der Waals surface area contributed by atoms with E-state index < -0.39 is 13.2 Å². The van der Waals surface area contributed by atoms with Gasteiger partial charge in [-0.05, 0) is 38.6 Å². The second kappa shape index (κ2) is 8.03. The lowest BCUT2D eigenvalue weighted by Crippen LogP contribution is -2.25. The average molecular weight is 410 g/mol. The van der Waals surface area contributed by atoms with Gasteiger partial charge in [-0.2, -0.15) is 0 Å². The van der Waals surface area contributed by atoms with Crippen LogP contribution in [0.3, 0.4) is 0 Å². The molecule has 1 aliphatic rings. The summed E-state index contributed by atoms with van der Waals surface area (Å²) < 4.78 is 32.0. The van der Waals surface area contributed by atoms with E-state index in [0.29, 0.717) is 24.7 Å². The molecular formula is C18H27N4O5P. The van der Waals surface area contributed by atoms with Crippen LogP contribution in [0.2, 0.25) is 0 Å². The van der Waals surface area contributed by atoms with Crippen LogP contribution in [0.15, 0.2) is 18.3 Å². The molecule has 0 bridgehead atoms. The maximum Gasteiger partial charge on any atom is 0.281 e. The van der Waals surface area contributed by atoms with Crippen molar-refractivity contribution in [3.63, 3.8) is 0 Å². The van der Waals surface area contributed by atoms with Crippen LogP contribution >= 0.6 is 7.52 Å². The van der Waals surface area contributed by atoms with Gasteiger partial charge in [-0.3, -0.25) is 4.57 Å². The molecule has 10 heteroatoms. The van der Waals surface area contributed by atoms with Gasteiger partial charge in [0.2, 0.25) is 5.75 Å². The second-order valence-corrected chi connectivity index (χ2v) is 9.48. The number of hydrogen-bond donors (Lipinski definition) is 3. The zero-order valence-electron chi connectivity index (χ0n) is 16.7. The molecule has 0 spiro atoms. The van der Waals surface area contributed by atoms with E-state index in [-0.39, 0.29) is 23.3 Å². The number of rotatable bonds is 7. The first-order valence-corrected chi connectivity index (χ1v) is 10.6. The quantitative estimate of drug-likeness (QED) is 0.598. The first-order chi connectivity index (χ1) is 13.3. The third kappa shape index (κ3) is 3.70. The first-order valence-electron chi connectivity index (χ1n) is 8.98. The first kappa shape index (κ1) is 20.5. The molecule has 154 valence electrons. The minimum Gasteiger partial charge on any atom is -0.502 e. The van der Waals surface area contributed by atoms with Crippen molar-refractivity contribution in [2.45, 2.75) is 25.5 Å². The molecule has 1 fully saturated rings. The molecular weight excluding hydrogens is 383 g/mol. The molecule has 1 aromatic carbocycles. The molecule has 2 heterocycles. The van der Waals surface area contributed by atoms with Crippen LogP contribution in [0.5, 0.6) is 17.2 Å². The fraction of sp³-hybridized carbons (Fsp3) is 0.500. The Morgan fingerprint density at radius 1 is 1.43 bits per heavy atom. The lowest BCUT2D eigenvalue weighted by molar-refractivity contribution is 0.328. The Balaban J connectivity index is 2.02. The summed E-state index contributed by atoms with van der Waals surface area (Å²) in [5, 5.41) is 13.4. The molecule has 0 radical (unpaired) electrons. The molecule has 0 amide bonds. The Hall–Kier alpha value is -2.22. The van der Waals surface area contributed by atoms with Gasteiger partial charge in [0.1, 0.15) is 0 Å². The van der Waals surface area contributed by atoms with E-state index in [1.165, 1.54) is 14.2 Å². The van der Waals surface area contributed by atoms with Crippen molar-refractivity contribution in [1.29, 1.82) is 0 Å². The predicted molar refractivity (Wildman–Crippen MR) is 107 cm³/mol. The minimum absolute atomic E-state index is 0.0279. The van der Waals surface area contributed by atoms with E-state index >= 15 is 0 Å². The summed E-state index contributed by atoms with van der Waals surface area (Å²) in [5.74, 6) is 0.973. The number of likely N-dealkylation sites (N-methyl/N-ethyl adjacent to an activating group) is 1. The number of nitrogens with one attached hydrogen (secondary N) is 2. The normalized spacial score (nSPS) is 23.5. The number of anilines is 1. The Bertz CT molecular complexity index is 862. The zero-order chi connectivity index (χ0) is 20.5. The van der Waals surface area contributed by atoms with Crippen LogP contribution in [0, 0.1) is 6.92 Å². The van der Waals surface area contributed by atoms with Crippen LogP contribution in [-0.4, -0.2) is 60.2 Å². The predicted octanol–water partition coefficient (Wildman–Crippen LogP) is 3.14. The molecule has 2 aromatic rings. The fourth-order valence-electron chi connectivity index (χ4n) is 3.22. The van der Waals surface area contributed by atoms with Gasteiger partial charge in [0.15, 0.2) is 17.4 Å². The number of aromatic nitrogens is 2. The number of aryl methyl sites for hydroxylation is 1. The van der Waals surface area contributed by atoms with E-state index in [0.717, 1.165) is 5.69 Å². The number of aromatic amines is 1.